The van der Waals surface area contributed by atoms with Crippen LogP contribution in [0, 0.1) is 5.82 Å². The maximum absolute atomic E-state index is 14.0. The number of carbonyl (C=O) groups is 1. The van der Waals surface area contributed by atoms with Crippen molar-refractivity contribution in [2.24, 2.45) is 0 Å². The number of hydrogen-bond donors (Lipinski definition) is 2. The van der Waals surface area contributed by atoms with E-state index in [0.29, 0.717) is 16.9 Å². The van der Waals surface area contributed by atoms with Crippen molar-refractivity contribution in [1.29, 1.82) is 0 Å². The first-order valence-electron chi connectivity index (χ1n) is 5.57. The lowest BCUT2D eigenvalue weighted by Gasteiger charge is -2.18. The van der Waals surface area contributed by atoms with Gasteiger partial charge in [-0.2, -0.15) is 0 Å². The highest BCUT2D eigenvalue weighted by molar-refractivity contribution is 7.19. The highest BCUT2D eigenvalue weighted by Gasteiger charge is 2.19. The summed E-state index contributed by atoms with van der Waals surface area (Å²) in [4.78, 5) is 14.7. The molecule has 0 amide bonds. The molecule has 3 N–H and O–H groups in total. The summed E-state index contributed by atoms with van der Waals surface area (Å²) < 4.78 is 14.0. The molecular weight excluding hydrogens is 267 g/mol. The molecule has 0 saturated heterocycles. The molecule has 6 heteroatoms. The highest BCUT2D eigenvalue weighted by atomic mass is 32.1. The van der Waals surface area contributed by atoms with Gasteiger partial charge in [0, 0.05) is 5.56 Å². The lowest BCUT2D eigenvalue weighted by Crippen LogP contribution is -2.15. The van der Waals surface area contributed by atoms with Gasteiger partial charge in [0.2, 0.25) is 0 Å². The molecule has 4 nitrogen and oxygen atoms in total. The zero-order chi connectivity index (χ0) is 14.2. The second-order valence-corrected chi connectivity index (χ2v) is 5.67. The fraction of sp³-hybridized carbons (Fsp3) is 0.231. The third-order valence-corrected chi connectivity index (χ3v) is 3.63. The first kappa shape index (κ1) is 13.6. The number of aldehydes is 1. The Labute approximate surface area is 113 Å². The highest BCUT2D eigenvalue weighted by Crippen LogP contribution is 2.32. The topological polar surface area (TPSA) is 76.2 Å². The standard InChI is InChI=1S/C13H13FN2O2S/c1-13(2,18)7-3-4-8(9(14)5-7)12-16-10(6-17)11(15)19-12/h3-6,18H,15H2,1-2H3. The molecule has 2 rings (SSSR count). The van der Waals surface area contributed by atoms with Gasteiger partial charge in [0.1, 0.15) is 21.5 Å². The number of anilines is 1. The molecule has 19 heavy (non-hydrogen) atoms. The van der Waals surface area contributed by atoms with E-state index in [4.69, 9.17) is 5.73 Å². The van der Waals surface area contributed by atoms with E-state index in [9.17, 15) is 14.3 Å². The Hall–Kier alpha value is -1.79. The van der Waals surface area contributed by atoms with Crippen LogP contribution in [0.3, 0.4) is 0 Å². The first-order valence-corrected chi connectivity index (χ1v) is 6.39. The van der Waals surface area contributed by atoms with Gasteiger partial charge in [-0.25, -0.2) is 9.37 Å². The Morgan fingerprint density at radius 3 is 2.63 bits per heavy atom. The molecule has 0 radical (unpaired) electrons. The quantitative estimate of drug-likeness (QED) is 0.847. The lowest BCUT2D eigenvalue weighted by molar-refractivity contribution is 0.0782. The van der Waals surface area contributed by atoms with E-state index in [2.05, 4.69) is 4.98 Å². The van der Waals surface area contributed by atoms with Gasteiger partial charge < -0.3 is 10.8 Å². The molecule has 0 bridgehead atoms. The van der Waals surface area contributed by atoms with E-state index in [-0.39, 0.29) is 16.3 Å². The predicted molar refractivity (Wildman–Crippen MR) is 72.6 cm³/mol. The van der Waals surface area contributed by atoms with Crippen molar-refractivity contribution in [3.8, 4) is 10.6 Å². The monoisotopic (exact) mass is 280 g/mol. The average Bonchev–Trinajstić information content (AvgIpc) is 2.69. The number of aromatic nitrogens is 1. The summed E-state index contributed by atoms with van der Waals surface area (Å²) in [5, 5.41) is 10.4. The van der Waals surface area contributed by atoms with Gasteiger partial charge >= 0.3 is 0 Å². The summed E-state index contributed by atoms with van der Waals surface area (Å²) in [5.74, 6) is -0.508. The van der Waals surface area contributed by atoms with Crippen molar-refractivity contribution >= 4 is 22.6 Å². The fourth-order valence-corrected chi connectivity index (χ4v) is 2.44. The summed E-state index contributed by atoms with van der Waals surface area (Å²) in [7, 11) is 0. The van der Waals surface area contributed by atoms with Crippen LogP contribution in [0.25, 0.3) is 10.6 Å². The molecular formula is C13H13FN2O2S. The Kier molecular flexibility index (Phi) is 3.38. The van der Waals surface area contributed by atoms with Crippen molar-refractivity contribution in [2.45, 2.75) is 19.4 Å². The van der Waals surface area contributed by atoms with Crippen molar-refractivity contribution in [1.82, 2.24) is 4.98 Å². The van der Waals surface area contributed by atoms with E-state index in [1.807, 2.05) is 0 Å². The minimum absolute atomic E-state index is 0.117. The maximum atomic E-state index is 14.0. The number of aliphatic hydroxyl groups is 1. The SMILES string of the molecule is CC(C)(O)c1ccc(-c2nc(C=O)c(N)s2)c(F)c1. The van der Waals surface area contributed by atoms with Crippen LogP contribution in [0.5, 0.6) is 0 Å². The molecule has 0 fully saturated rings. The van der Waals surface area contributed by atoms with Crippen LogP contribution in [0.2, 0.25) is 0 Å². The minimum Gasteiger partial charge on any atom is -0.389 e. The predicted octanol–water partition coefficient (Wildman–Crippen LogP) is 2.57. The molecule has 1 heterocycles. The normalized spacial score (nSPS) is 11.6. The zero-order valence-electron chi connectivity index (χ0n) is 10.5. The molecule has 0 saturated carbocycles. The summed E-state index contributed by atoms with van der Waals surface area (Å²) in [6.45, 7) is 3.15. The average molecular weight is 280 g/mol. The van der Waals surface area contributed by atoms with E-state index >= 15 is 0 Å². The van der Waals surface area contributed by atoms with Gasteiger partial charge in [-0.05, 0) is 31.5 Å². The van der Waals surface area contributed by atoms with E-state index in [1.165, 1.54) is 12.1 Å². The van der Waals surface area contributed by atoms with Gasteiger partial charge in [-0.15, -0.1) is 0 Å². The van der Waals surface area contributed by atoms with Crippen molar-refractivity contribution in [2.75, 3.05) is 5.73 Å². The van der Waals surface area contributed by atoms with E-state index in [0.717, 1.165) is 11.3 Å². The molecule has 0 aliphatic rings. The molecule has 0 atom stereocenters. The van der Waals surface area contributed by atoms with Crippen LogP contribution in [0.1, 0.15) is 29.9 Å². The summed E-state index contributed by atoms with van der Waals surface area (Å²) >= 11 is 1.05. The van der Waals surface area contributed by atoms with Gasteiger partial charge in [0.25, 0.3) is 0 Å². The number of nitrogens with two attached hydrogens (primary N) is 1. The fourth-order valence-electron chi connectivity index (χ4n) is 1.61. The number of nitrogens with zero attached hydrogens (tertiary/aromatic N) is 1. The van der Waals surface area contributed by atoms with Crippen LogP contribution < -0.4 is 5.73 Å². The largest absolute Gasteiger partial charge is 0.389 e. The zero-order valence-corrected chi connectivity index (χ0v) is 11.3. The Balaban J connectivity index is 2.49. The van der Waals surface area contributed by atoms with Gasteiger partial charge in [-0.3, -0.25) is 4.79 Å². The van der Waals surface area contributed by atoms with Crippen molar-refractivity contribution < 1.29 is 14.3 Å². The Morgan fingerprint density at radius 1 is 1.47 bits per heavy atom. The molecule has 100 valence electrons. The number of thiazole rings is 1. The maximum Gasteiger partial charge on any atom is 0.171 e. The van der Waals surface area contributed by atoms with Crippen LogP contribution in [-0.4, -0.2) is 16.4 Å². The second-order valence-electron chi connectivity index (χ2n) is 4.64. The number of rotatable bonds is 3. The van der Waals surface area contributed by atoms with Gasteiger partial charge in [0.15, 0.2) is 6.29 Å². The third kappa shape index (κ3) is 2.64. The van der Waals surface area contributed by atoms with Gasteiger partial charge in [0.05, 0.1) is 5.60 Å². The summed E-state index contributed by atoms with van der Waals surface area (Å²) in [5.41, 5.74) is 5.33. The third-order valence-electron chi connectivity index (χ3n) is 2.70. The molecule has 1 aromatic heterocycles. The van der Waals surface area contributed by atoms with Crippen LogP contribution in [0.4, 0.5) is 9.39 Å². The van der Waals surface area contributed by atoms with Crippen LogP contribution >= 0.6 is 11.3 Å². The van der Waals surface area contributed by atoms with Gasteiger partial charge in [-0.1, -0.05) is 17.4 Å². The van der Waals surface area contributed by atoms with Crippen molar-refractivity contribution in [3.05, 3.63) is 35.3 Å². The van der Waals surface area contributed by atoms with Crippen LogP contribution in [-0.2, 0) is 5.60 Å². The number of benzene rings is 1. The smallest absolute Gasteiger partial charge is 0.171 e. The first-order chi connectivity index (χ1) is 8.82. The van der Waals surface area contributed by atoms with Crippen molar-refractivity contribution in [3.63, 3.8) is 0 Å². The number of nitrogen functional groups attached to an aromatic ring is 1. The molecule has 0 unspecified atom stereocenters. The number of hydrogen-bond acceptors (Lipinski definition) is 5. The number of carbonyl (C=O) groups excluding carboxylic acids is 1. The molecule has 0 aliphatic carbocycles. The second kappa shape index (κ2) is 4.71. The van der Waals surface area contributed by atoms with Crippen LogP contribution in [0.15, 0.2) is 18.2 Å². The Bertz CT molecular complexity index is 632. The molecule has 2 aromatic rings. The number of halogens is 1. The summed E-state index contributed by atoms with van der Waals surface area (Å²) in [6.07, 6.45) is 0.540. The summed E-state index contributed by atoms with van der Waals surface area (Å²) in [6, 6.07) is 4.40. The molecule has 0 aliphatic heterocycles. The van der Waals surface area contributed by atoms with E-state index in [1.54, 1.807) is 19.9 Å². The Morgan fingerprint density at radius 2 is 2.16 bits per heavy atom. The molecule has 0 spiro atoms. The minimum atomic E-state index is -1.12. The van der Waals surface area contributed by atoms with E-state index < -0.39 is 11.4 Å². The molecule has 1 aromatic carbocycles. The lowest BCUT2D eigenvalue weighted by atomic mass is 9.97.